The van der Waals surface area contributed by atoms with E-state index in [1.54, 1.807) is 0 Å². The van der Waals surface area contributed by atoms with E-state index in [0.29, 0.717) is 5.56 Å². The number of sulfonamides is 2. The summed E-state index contributed by atoms with van der Waals surface area (Å²) in [4.78, 5) is 23.0. The number of primary sulfonamides is 1. The third-order valence-electron chi connectivity index (χ3n) is 3.81. The molecule has 0 aliphatic carbocycles. The summed E-state index contributed by atoms with van der Waals surface area (Å²) in [6, 6.07) is 6.93. The van der Waals surface area contributed by atoms with Crippen molar-refractivity contribution in [3.8, 4) is 0 Å². The van der Waals surface area contributed by atoms with Gasteiger partial charge >= 0.3 is 11.9 Å². The SMILES string of the molecule is COC(=O)c1cc(C(=O)OC)cc(S(=O)(=O)Nc2ccc(C)c(S(N)(=O)=O)c2)c1. The number of carbonyl (C=O) groups excluding carboxylic acids is 2. The van der Waals surface area contributed by atoms with Gasteiger partial charge < -0.3 is 9.47 Å². The van der Waals surface area contributed by atoms with Crippen molar-refractivity contribution in [2.24, 2.45) is 5.14 Å². The lowest BCUT2D eigenvalue weighted by atomic mass is 10.1. The van der Waals surface area contributed by atoms with Crippen LogP contribution in [-0.4, -0.2) is 43.0 Å². The van der Waals surface area contributed by atoms with Gasteiger partial charge in [0.1, 0.15) is 0 Å². The lowest BCUT2D eigenvalue weighted by molar-refractivity contribution is 0.0598. The molecule has 2 aromatic rings. The Balaban J connectivity index is 2.56. The van der Waals surface area contributed by atoms with Crippen molar-refractivity contribution in [1.29, 1.82) is 0 Å². The smallest absolute Gasteiger partial charge is 0.337 e. The molecule has 0 atom stereocenters. The molecule has 0 radical (unpaired) electrons. The van der Waals surface area contributed by atoms with E-state index in [-0.39, 0.29) is 21.7 Å². The first kappa shape index (κ1) is 22.3. The van der Waals surface area contributed by atoms with Crippen molar-refractivity contribution in [3.05, 3.63) is 53.1 Å². The molecule has 0 unspecified atom stereocenters. The first-order valence-electron chi connectivity index (χ1n) is 7.87. The number of esters is 2. The van der Waals surface area contributed by atoms with Gasteiger partial charge in [0, 0.05) is 0 Å². The van der Waals surface area contributed by atoms with Crippen LogP contribution in [0.15, 0.2) is 46.2 Å². The summed E-state index contributed by atoms with van der Waals surface area (Å²) in [5, 5.41) is 5.13. The van der Waals surface area contributed by atoms with Crippen LogP contribution in [-0.2, 0) is 29.5 Å². The van der Waals surface area contributed by atoms with Crippen molar-refractivity contribution in [2.75, 3.05) is 18.9 Å². The number of methoxy groups -OCH3 is 2. The van der Waals surface area contributed by atoms with Crippen LogP contribution in [0.4, 0.5) is 5.69 Å². The van der Waals surface area contributed by atoms with E-state index < -0.39 is 36.9 Å². The molecule has 0 heterocycles. The summed E-state index contributed by atoms with van der Waals surface area (Å²) < 4.78 is 60.2. The van der Waals surface area contributed by atoms with Gasteiger partial charge in [0.05, 0.1) is 40.8 Å². The Bertz CT molecular complexity index is 1150. The van der Waals surface area contributed by atoms with Gasteiger partial charge in [-0.2, -0.15) is 0 Å². The number of ether oxygens (including phenoxy) is 2. The second-order valence-corrected chi connectivity index (χ2v) is 9.07. The van der Waals surface area contributed by atoms with Gasteiger partial charge in [-0.3, -0.25) is 4.72 Å². The maximum absolute atomic E-state index is 12.8. The van der Waals surface area contributed by atoms with E-state index in [9.17, 15) is 26.4 Å². The van der Waals surface area contributed by atoms with Crippen molar-refractivity contribution >= 4 is 37.7 Å². The molecule has 0 saturated heterocycles. The van der Waals surface area contributed by atoms with Gasteiger partial charge in [0.2, 0.25) is 10.0 Å². The van der Waals surface area contributed by atoms with Crippen molar-refractivity contribution < 1.29 is 35.9 Å². The zero-order valence-corrected chi connectivity index (χ0v) is 17.3. The molecule has 0 aliphatic rings. The molecule has 0 saturated carbocycles. The Hall–Kier alpha value is -2.96. The minimum Gasteiger partial charge on any atom is -0.465 e. The third kappa shape index (κ3) is 5.10. The van der Waals surface area contributed by atoms with Gasteiger partial charge in [-0.05, 0) is 42.8 Å². The number of nitrogens with two attached hydrogens (primary N) is 1. The number of anilines is 1. The molecule has 0 fully saturated rings. The predicted molar refractivity (Wildman–Crippen MR) is 102 cm³/mol. The normalized spacial score (nSPS) is 11.6. The molecule has 29 heavy (non-hydrogen) atoms. The van der Waals surface area contributed by atoms with Crippen LogP contribution in [0.25, 0.3) is 0 Å². The van der Waals surface area contributed by atoms with Crippen molar-refractivity contribution in [1.82, 2.24) is 0 Å². The Morgan fingerprint density at radius 3 is 1.86 bits per heavy atom. The van der Waals surface area contributed by atoms with E-state index in [1.807, 2.05) is 0 Å². The largest absolute Gasteiger partial charge is 0.465 e. The number of nitrogens with one attached hydrogen (secondary N) is 1. The maximum atomic E-state index is 12.8. The van der Waals surface area contributed by atoms with Crippen LogP contribution in [0.2, 0.25) is 0 Å². The van der Waals surface area contributed by atoms with Crippen LogP contribution >= 0.6 is 0 Å². The Kier molecular flexibility index (Phi) is 6.30. The van der Waals surface area contributed by atoms with Crippen LogP contribution < -0.4 is 9.86 Å². The minimum absolute atomic E-state index is 0.0808. The molecule has 156 valence electrons. The zero-order valence-electron chi connectivity index (χ0n) is 15.6. The first-order chi connectivity index (χ1) is 13.4. The van der Waals surface area contributed by atoms with Gasteiger partial charge in [-0.1, -0.05) is 6.07 Å². The fourth-order valence-electron chi connectivity index (χ4n) is 2.41. The number of carbonyl (C=O) groups is 2. The van der Waals surface area contributed by atoms with E-state index in [1.165, 1.54) is 19.1 Å². The summed E-state index contributed by atoms with van der Waals surface area (Å²) in [5.41, 5.74) is -0.131. The van der Waals surface area contributed by atoms with Crippen molar-refractivity contribution in [2.45, 2.75) is 16.7 Å². The highest BCUT2D eigenvalue weighted by atomic mass is 32.2. The number of aryl methyl sites for hydroxylation is 1. The first-order valence-corrected chi connectivity index (χ1v) is 10.9. The lowest BCUT2D eigenvalue weighted by Gasteiger charge is -2.12. The molecule has 2 aromatic carbocycles. The van der Waals surface area contributed by atoms with Crippen LogP contribution in [0.1, 0.15) is 26.3 Å². The Morgan fingerprint density at radius 1 is 0.897 bits per heavy atom. The highest BCUT2D eigenvalue weighted by Crippen LogP contribution is 2.23. The minimum atomic E-state index is -4.32. The van der Waals surface area contributed by atoms with E-state index >= 15 is 0 Å². The number of rotatable bonds is 6. The average molecular weight is 442 g/mol. The fourth-order valence-corrected chi connectivity index (χ4v) is 4.34. The van der Waals surface area contributed by atoms with Crippen LogP contribution in [0, 0.1) is 6.92 Å². The molecule has 2 rings (SSSR count). The Morgan fingerprint density at radius 2 is 1.41 bits per heavy atom. The van der Waals surface area contributed by atoms with Gasteiger partial charge in [0.25, 0.3) is 10.0 Å². The maximum Gasteiger partial charge on any atom is 0.337 e. The molecular weight excluding hydrogens is 424 g/mol. The van der Waals surface area contributed by atoms with Gasteiger partial charge in [-0.25, -0.2) is 31.6 Å². The molecule has 0 aromatic heterocycles. The summed E-state index contributed by atoms with van der Waals surface area (Å²) in [6.07, 6.45) is 0. The van der Waals surface area contributed by atoms with Gasteiger partial charge in [0.15, 0.2) is 0 Å². The fraction of sp³-hybridized carbons (Fsp3) is 0.176. The van der Waals surface area contributed by atoms with Crippen LogP contribution in [0.5, 0.6) is 0 Å². The molecule has 0 amide bonds. The highest BCUT2D eigenvalue weighted by molar-refractivity contribution is 7.92. The van der Waals surface area contributed by atoms with E-state index in [2.05, 4.69) is 14.2 Å². The number of hydrogen-bond acceptors (Lipinski definition) is 8. The molecule has 0 bridgehead atoms. The highest BCUT2D eigenvalue weighted by Gasteiger charge is 2.22. The topological polar surface area (TPSA) is 159 Å². The lowest BCUT2D eigenvalue weighted by Crippen LogP contribution is -2.17. The zero-order chi connectivity index (χ0) is 22.0. The monoisotopic (exact) mass is 442 g/mol. The standard InChI is InChI=1S/C17H18N2O8S2/c1-10-4-5-13(9-15(10)28(18,22)23)19-29(24,25)14-7-11(16(20)26-2)6-12(8-14)17(21)27-3/h4-9,19H,1-3H3,(H2,18,22,23). The van der Waals surface area contributed by atoms with Gasteiger partial charge in [-0.15, -0.1) is 0 Å². The molecule has 3 N–H and O–H groups in total. The van der Waals surface area contributed by atoms with E-state index in [0.717, 1.165) is 38.5 Å². The molecule has 12 heteroatoms. The average Bonchev–Trinajstić information content (AvgIpc) is 2.66. The number of benzene rings is 2. The summed E-state index contributed by atoms with van der Waals surface area (Å²) in [5.74, 6) is -1.72. The number of hydrogen-bond donors (Lipinski definition) is 2. The summed E-state index contributed by atoms with van der Waals surface area (Å²) >= 11 is 0. The summed E-state index contributed by atoms with van der Waals surface area (Å²) in [6.45, 7) is 1.50. The van der Waals surface area contributed by atoms with Crippen molar-refractivity contribution in [3.63, 3.8) is 0 Å². The predicted octanol–water partition coefficient (Wildman–Crippen LogP) is 1.02. The Labute approximate surface area is 167 Å². The second kappa shape index (κ2) is 8.19. The molecule has 0 aliphatic heterocycles. The second-order valence-electron chi connectivity index (χ2n) is 5.86. The molecule has 0 spiro atoms. The third-order valence-corrected chi connectivity index (χ3v) is 6.22. The summed E-state index contributed by atoms with van der Waals surface area (Å²) in [7, 11) is -6.20. The molecule has 10 nitrogen and oxygen atoms in total. The molecular formula is C17H18N2O8S2. The van der Waals surface area contributed by atoms with E-state index in [4.69, 9.17) is 5.14 Å². The van der Waals surface area contributed by atoms with Crippen LogP contribution in [0.3, 0.4) is 0 Å². The quantitative estimate of drug-likeness (QED) is 0.627.